The van der Waals surface area contributed by atoms with Gasteiger partial charge in [0.05, 0.1) is 23.8 Å². The van der Waals surface area contributed by atoms with Gasteiger partial charge >= 0.3 is 6.18 Å². The molecule has 1 aliphatic heterocycles. The van der Waals surface area contributed by atoms with Crippen LogP contribution in [0.25, 0.3) is 21.9 Å². The van der Waals surface area contributed by atoms with E-state index in [4.69, 9.17) is 0 Å². The fourth-order valence-corrected chi connectivity index (χ4v) is 4.00. The number of halogens is 3. The van der Waals surface area contributed by atoms with Gasteiger partial charge in [-0.15, -0.1) is 0 Å². The van der Waals surface area contributed by atoms with Gasteiger partial charge in [-0.3, -0.25) is 9.88 Å². The number of para-hydroxylation sites is 1. The Morgan fingerprint density at radius 2 is 1.89 bits per heavy atom. The number of rotatable bonds is 3. The zero-order valence-electron chi connectivity index (χ0n) is 14.9. The molecule has 1 saturated heterocycles. The normalized spacial score (nSPS) is 18.4. The molecule has 1 atom stereocenters. The summed E-state index contributed by atoms with van der Waals surface area (Å²) in [6.45, 7) is 1.52. The Morgan fingerprint density at radius 1 is 1.19 bits per heavy atom. The number of benzene rings is 1. The van der Waals surface area contributed by atoms with Gasteiger partial charge in [-0.25, -0.2) is 4.98 Å². The van der Waals surface area contributed by atoms with Gasteiger partial charge < -0.3 is 9.67 Å². The lowest BCUT2D eigenvalue weighted by Gasteiger charge is -2.34. The molecule has 0 saturated carbocycles. The molecule has 3 aromatic rings. The van der Waals surface area contributed by atoms with Gasteiger partial charge in [-0.05, 0) is 25.8 Å². The maximum atomic E-state index is 12.7. The minimum Gasteiger partial charge on any atom is -0.385 e. The van der Waals surface area contributed by atoms with E-state index in [-0.39, 0.29) is 6.04 Å². The van der Waals surface area contributed by atoms with E-state index in [1.54, 1.807) is 13.1 Å². The number of fused-ring (bicyclic) bond motifs is 3. The first kappa shape index (κ1) is 18.2. The molecule has 1 N–H and O–H groups in total. The topological polar surface area (TPSA) is 54.2 Å². The minimum absolute atomic E-state index is 0.00473. The third kappa shape index (κ3) is 3.51. The van der Waals surface area contributed by atoms with Crippen molar-refractivity contribution >= 4 is 21.9 Å². The molecule has 2 aromatic heterocycles. The van der Waals surface area contributed by atoms with Gasteiger partial charge in [0, 0.05) is 24.5 Å². The number of nitrogens with zero attached hydrogens (tertiary/aromatic N) is 4. The number of pyridine rings is 1. The highest BCUT2D eigenvalue weighted by Gasteiger charge is 2.34. The number of likely N-dealkylation sites (tertiary alicyclic amines) is 1. The number of aliphatic hydroxyl groups is 1. The third-order valence-corrected chi connectivity index (χ3v) is 5.15. The van der Waals surface area contributed by atoms with Gasteiger partial charge in [0.15, 0.2) is 0 Å². The maximum absolute atomic E-state index is 12.7. The van der Waals surface area contributed by atoms with Gasteiger partial charge in [0.25, 0.3) is 0 Å². The predicted octanol–water partition coefficient (Wildman–Crippen LogP) is 3.84. The van der Waals surface area contributed by atoms with E-state index < -0.39 is 18.8 Å². The summed E-state index contributed by atoms with van der Waals surface area (Å²) in [4.78, 5) is 10.4. The fraction of sp³-hybridized carbons (Fsp3) is 0.474. The molecule has 8 heteroatoms. The molecule has 27 heavy (non-hydrogen) atoms. The predicted molar refractivity (Wildman–Crippen MR) is 96.4 cm³/mol. The summed E-state index contributed by atoms with van der Waals surface area (Å²) in [7, 11) is 0. The van der Waals surface area contributed by atoms with Crippen molar-refractivity contribution in [2.75, 3.05) is 19.6 Å². The molecule has 0 amide bonds. The smallest absolute Gasteiger partial charge is 0.385 e. The second kappa shape index (κ2) is 6.76. The third-order valence-electron chi connectivity index (χ3n) is 5.15. The lowest BCUT2D eigenvalue weighted by Crippen LogP contribution is -2.40. The van der Waals surface area contributed by atoms with Crippen LogP contribution in [0.3, 0.4) is 0 Å². The van der Waals surface area contributed by atoms with E-state index >= 15 is 0 Å². The molecule has 1 fully saturated rings. The zero-order chi connectivity index (χ0) is 19.2. The van der Waals surface area contributed by atoms with Crippen LogP contribution in [0.15, 0.2) is 30.5 Å². The van der Waals surface area contributed by atoms with Gasteiger partial charge in [-0.1, -0.05) is 18.2 Å². The van der Waals surface area contributed by atoms with Crippen LogP contribution in [0, 0.1) is 0 Å². The Hall–Kier alpha value is -2.19. The number of aromatic nitrogens is 3. The summed E-state index contributed by atoms with van der Waals surface area (Å²) in [5.74, 6) is 0.539. The molecule has 0 spiro atoms. The van der Waals surface area contributed by atoms with Crippen molar-refractivity contribution in [3.05, 3.63) is 36.3 Å². The number of alkyl halides is 3. The number of hydrogen-bond acceptors (Lipinski definition) is 4. The Labute approximate surface area is 154 Å². The summed E-state index contributed by atoms with van der Waals surface area (Å²) in [5, 5.41) is 11.2. The number of piperidine rings is 1. The molecule has 1 unspecified atom stereocenters. The van der Waals surface area contributed by atoms with Crippen LogP contribution in [0.4, 0.5) is 13.2 Å². The quantitative estimate of drug-likeness (QED) is 0.753. The molecular formula is C19H21F3N4O. The van der Waals surface area contributed by atoms with Crippen molar-refractivity contribution in [2.45, 2.75) is 38.1 Å². The van der Waals surface area contributed by atoms with Crippen molar-refractivity contribution in [3.8, 4) is 0 Å². The molecular weight excluding hydrogens is 357 g/mol. The molecule has 5 nitrogen and oxygen atoms in total. The average molecular weight is 378 g/mol. The molecule has 144 valence electrons. The average Bonchev–Trinajstić information content (AvgIpc) is 3.01. The Morgan fingerprint density at radius 3 is 2.56 bits per heavy atom. The van der Waals surface area contributed by atoms with E-state index in [2.05, 4.69) is 9.97 Å². The lowest BCUT2D eigenvalue weighted by molar-refractivity contribution is -0.148. The van der Waals surface area contributed by atoms with Crippen LogP contribution >= 0.6 is 0 Å². The van der Waals surface area contributed by atoms with E-state index in [0.29, 0.717) is 37.3 Å². The maximum Gasteiger partial charge on any atom is 0.401 e. The Bertz CT molecular complexity index is 959. The number of imidazole rings is 1. The number of hydrogen-bond donors (Lipinski definition) is 1. The zero-order valence-corrected chi connectivity index (χ0v) is 14.9. The van der Waals surface area contributed by atoms with E-state index in [0.717, 1.165) is 16.4 Å². The second-order valence-corrected chi connectivity index (χ2v) is 7.15. The summed E-state index contributed by atoms with van der Waals surface area (Å²) >= 11 is 0. The minimum atomic E-state index is -4.18. The first-order valence-electron chi connectivity index (χ1n) is 9.06. The van der Waals surface area contributed by atoms with Crippen LogP contribution in [0.2, 0.25) is 0 Å². The van der Waals surface area contributed by atoms with Crippen molar-refractivity contribution in [1.82, 2.24) is 19.4 Å². The van der Waals surface area contributed by atoms with Crippen LogP contribution in [-0.4, -0.2) is 50.4 Å². The molecule has 1 aromatic carbocycles. The van der Waals surface area contributed by atoms with Crippen LogP contribution < -0.4 is 0 Å². The highest BCUT2D eigenvalue weighted by Crippen LogP contribution is 2.34. The second-order valence-electron chi connectivity index (χ2n) is 7.15. The first-order valence-corrected chi connectivity index (χ1v) is 9.06. The highest BCUT2D eigenvalue weighted by molar-refractivity contribution is 6.02. The lowest BCUT2D eigenvalue weighted by atomic mass is 10.0. The molecule has 1 aliphatic rings. The molecule has 4 rings (SSSR count). The van der Waals surface area contributed by atoms with Crippen LogP contribution in [-0.2, 0) is 0 Å². The van der Waals surface area contributed by atoms with Crippen molar-refractivity contribution in [2.24, 2.45) is 0 Å². The van der Waals surface area contributed by atoms with Gasteiger partial charge in [0.2, 0.25) is 0 Å². The molecule has 0 aliphatic carbocycles. The Kier molecular flexibility index (Phi) is 4.55. The van der Waals surface area contributed by atoms with Crippen molar-refractivity contribution < 1.29 is 18.3 Å². The summed E-state index contributed by atoms with van der Waals surface area (Å²) in [6, 6.07) is 7.71. The van der Waals surface area contributed by atoms with Crippen LogP contribution in [0.1, 0.15) is 37.7 Å². The van der Waals surface area contributed by atoms with Crippen molar-refractivity contribution in [3.63, 3.8) is 0 Å². The van der Waals surface area contributed by atoms with Gasteiger partial charge in [0.1, 0.15) is 17.4 Å². The fourth-order valence-electron chi connectivity index (χ4n) is 4.00. The molecule has 0 bridgehead atoms. The highest BCUT2D eigenvalue weighted by atomic mass is 19.4. The largest absolute Gasteiger partial charge is 0.401 e. The van der Waals surface area contributed by atoms with E-state index in [1.807, 2.05) is 28.8 Å². The molecule has 0 radical (unpaired) electrons. The van der Waals surface area contributed by atoms with Crippen LogP contribution in [0.5, 0.6) is 0 Å². The summed E-state index contributed by atoms with van der Waals surface area (Å²) in [6.07, 6.45) is -2.10. The van der Waals surface area contributed by atoms with Gasteiger partial charge in [-0.2, -0.15) is 13.2 Å². The summed E-state index contributed by atoms with van der Waals surface area (Å²) in [5.41, 5.74) is 2.42. The number of aliphatic hydroxyl groups excluding tert-OH is 1. The van der Waals surface area contributed by atoms with E-state index in [1.165, 1.54) is 4.90 Å². The summed E-state index contributed by atoms with van der Waals surface area (Å²) < 4.78 is 40.0. The SMILES string of the molecule is CC(O)c1nc2cnc3ccccc3c2n1C1CCN(CC(F)(F)F)CC1. The van der Waals surface area contributed by atoms with E-state index in [9.17, 15) is 18.3 Å². The molecule has 3 heterocycles. The first-order chi connectivity index (χ1) is 12.8. The monoisotopic (exact) mass is 378 g/mol. The Balaban J connectivity index is 1.74. The van der Waals surface area contributed by atoms with Crippen molar-refractivity contribution in [1.29, 1.82) is 0 Å². The standard InChI is InChI=1S/C19H21F3N4O/c1-12(27)18-24-16-10-23-15-5-3-2-4-14(15)17(16)26(18)13-6-8-25(9-7-13)11-19(20,21)22/h2-5,10,12-13,27H,6-9,11H2,1H3.